The number of hydrogen-bond acceptors (Lipinski definition) is 6. The van der Waals surface area contributed by atoms with Gasteiger partial charge in [0, 0.05) is 39.9 Å². The third-order valence-corrected chi connectivity index (χ3v) is 6.81. The Kier molecular flexibility index (Phi) is 7.22. The van der Waals surface area contributed by atoms with Gasteiger partial charge in [-0.3, -0.25) is 9.59 Å². The van der Waals surface area contributed by atoms with E-state index in [4.69, 9.17) is 25.8 Å². The lowest BCUT2D eigenvalue weighted by atomic mass is 9.68. The van der Waals surface area contributed by atoms with E-state index in [1.807, 2.05) is 36.4 Å². The molecule has 1 N–H and O–H groups in total. The van der Waals surface area contributed by atoms with E-state index < -0.39 is 17.8 Å². The summed E-state index contributed by atoms with van der Waals surface area (Å²) in [6.07, 6.45) is 0.620. The number of hydrogen-bond donors (Lipinski definition) is 1. The molecule has 6 nitrogen and oxygen atoms in total. The van der Waals surface area contributed by atoms with Gasteiger partial charge in [0.2, 0.25) is 0 Å². The fourth-order valence-corrected chi connectivity index (χ4v) is 5.22. The van der Waals surface area contributed by atoms with Gasteiger partial charge in [0.15, 0.2) is 17.3 Å². The lowest BCUT2D eigenvalue weighted by Gasteiger charge is -2.40. The lowest BCUT2D eigenvalue weighted by molar-refractivity contribution is -0.151. The van der Waals surface area contributed by atoms with Crippen molar-refractivity contribution in [3.05, 3.63) is 82.2 Å². The van der Waals surface area contributed by atoms with Gasteiger partial charge in [-0.1, -0.05) is 42.4 Å². The van der Waals surface area contributed by atoms with Crippen LogP contribution in [-0.2, 0) is 14.3 Å². The monoisotopic (exact) mass is 495 g/mol. The second-order valence-electron chi connectivity index (χ2n) is 9.15. The van der Waals surface area contributed by atoms with Crippen molar-refractivity contribution in [2.24, 2.45) is 5.92 Å². The standard InChI is InChI=1S/C28H30ClNO5/c1-15(2)35-28(32)24-16(3)30-21-13-18(17-9-11-19(29)12-10-17)14-22(31)26(21)25(24)20-7-6-8-23(33-4)27(20)34-5/h6-12,15,18,24-25,30H,3,13-14H2,1-2,4-5H3. The van der Waals surface area contributed by atoms with Gasteiger partial charge in [0.05, 0.1) is 20.3 Å². The molecule has 2 aromatic rings. The Morgan fingerprint density at radius 2 is 1.80 bits per heavy atom. The highest BCUT2D eigenvalue weighted by molar-refractivity contribution is 6.30. The number of nitrogens with one attached hydrogen (secondary N) is 1. The highest BCUT2D eigenvalue weighted by atomic mass is 35.5. The molecule has 1 heterocycles. The van der Waals surface area contributed by atoms with E-state index in [0.29, 0.717) is 46.2 Å². The Morgan fingerprint density at radius 1 is 1.09 bits per heavy atom. The summed E-state index contributed by atoms with van der Waals surface area (Å²) in [5.41, 5.74) is 3.56. The number of methoxy groups -OCH3 is 2. The summed E-state index contributed by atoms with van der Waals surface area (Å²) in [7, 11) is 3.11. The second-order valence-corrected chi connectivity index (χ2v) is 9.58. The van der Waals surface area contributed by atoms with E-state index in [0.717, 1.165) is 11.3 Å². The number of carbonyl (C=O) groups is 2. The predicted molar refractivity (Wildman–Crippen MR) is 135 cm³/mol. The summed E-state index contributed by atoms with van der Waals surface area (Å²) in [4.78, 5) is 27.1. The molecule has 0 radical (unpaired) electrons. The molecule has 1 aliphatic heterocycles. The van der Waals surface area contributed by atoms with Gasteiger partial charge in [-0.15, -0.1) is 0 Å². The normalized spacial score (nSPS) is 21.9. The van der Waals surface area contributed by atoms with Crippen molar-refractivity contribution in [2.75, 3.05) is 14.2 Å². The third-order valence-electron chi connectivity index (χ3n) is 6.55. The molecular weight excluding hydrogens is 466 g/mol. The zero-order valence-corrected chi connectivity index (χ0v) is 21.1. The molecule has 0 saturated carbocycles. The number of benzene rings is 2. The van der Waals surface area contributed by atoms with Gasteiger partial charge in [-0.25, -0.2) is 0 Å². The number of carbonyl (C=O) groups excluding carboxylic acids is 2. The lowest BCUT2D eigenvalue weighted by Crippen LogP contribution is -2.42. The smallest absolute Gasteiger partial charge is 0.316 e. The van der Waals surface area contributed by atoms with Crippen molar-refractivity contribution >= 4 is 23.4 Å². The molecule has 3 unspecified atom stereocenters. The zero-order chi connectivity index (χ0) is 25.3. The quantitative estimate of drug-likeness (QED) is 0.531. The summed E-state index contributed by atoms with van der Waals surface area (Å²) in [6, 6.07) is 13.1. The van der Waals surface area contributed by atoms with E-state index in [1.165, 1.54) is 0 Å². The first-order valence-electron chi connectivity index (χ1n) is 11.6. The van der Waals surface area contributed by atoms with E-state index in [9.17, 15) is 9.59 Å². The van der Waals surface area contributed by atoms with Crippen LogP contribution in [0.1, 0.15) is 49.7 Å². The summed E-state index contributed by atoms with van der Waals surface area (Å²) in [5.74, 6) is -0.881. The van der Waals surface area contributed by atoms with Crippen LogP contribution in [0.5, 0.6) is 11.5 Å². The summed E-state index contributed by atoms with van der Waals surface area (Å²) < 4.78 is 16.8. The molecule has 2 aliphatic rings. The molecule has 0 fully saturated rings. The number of esters is 1. The van der Waals surface area contributed by atoms with Crippen LogP contribution < -0.4 is 14.8 Å². The van der Waals surface area contributed by atoms with Crippen molar-refractivity contribution < 1.29 is 23.8 Å². The maximum absolute atomic E-state index is 13.7. The Morgan fingerprint density at radius 3 is 2.43 bits per heavy atom. The minimum absolute atomic E-state index is 0.00848. The molecular formula is C28H30ClNO5. The first kappa shape index (κ1) is 24.9. The Balaban J connectivity index is 1.85. The number of ether oxygens (including phenoxy) is 3. The highest BCUT2D eigenvalue weighted by Gasteiger charge is 2.46. The summed E-state index contributed by atoms with van der Waals surface area (Å²) in [5, 5.41) is 3.94. The van der Waals surface area contributed by atoms with Gasteiger partial charge in [0.1, 0.15) is 5.92 Å². The van der Waals surface area contributed by atoms with E-state index >= 15 is 0 Å². The van der Waals surface area contributed by atoms with Crippen molar-refractivity contribution in [3.8, 4) is 11.5 Å². The average Bonchev–Trinajstić information content (AvgIpc) is 2.82. The van der Waals surface area contributed by atoms with Gasteiger partial charge in [-0.05, 0) is 49.9 Å². The molecule has 0 bridgehead atoms. The molecule has 0 saturated heterocycles. The van der Waals surface area contributed by atoms with Gasteiger partial charge >= 0.3 is 5.97 Å². The molecule has 35 heavy (non-hydrogen) atoms. The fraction of sp³-hybridized carbons (Fsp3) is 0.357. The maximum Gasteiger partial charge on any atom is 0.316 e. The zero-order valence-electron chi connectivity index (χ0n) is 20.4. The SMILES string of the molecule is C=C1NC2=C(C(=O)CC(c3ccc(Cl)cc3)C2)C(c2cccc(OC)c2OC)C1C(=O)OC(C)C. The van der Waals surface area contributed by atoms with Crippen LogP contribution in [-0.4, -0.2) is 32.1 Å². The molecule has 7 heteroatoms. The molecule has 184 valence electrons. The minimum Gasteiger partial charge on any atom is -0.493 e. The van der Waals surface area contributed by atoms with Crippen LogP contribution in [0.4, 0.5) is 0 Å². The fourth-order valence-electron chi connectivity index (χ4n) is 5.10. The van der Waals surface area contributed by atoms with Crippen LogP contribution >= 0.6 is 11.6 Å². The first-order chi connectivity index (χ1) is 16.7. The number of ketones is 1. The topological polar surface area (TPSA) is 73.9 Å². The third kappa shape index (κ3) is 4.80. The maximum atomic E-state index is 13.7. The van der Waals surface area contributed by atoms with E-state index in [2.05, 4.69) is 11.9 Å². The number of Topliss-reactive ketones (excluding diaryl/α,β-unsaturated/α-hetero) is 1. The van der Waals surface area contributed by atoms with E-state index in [1.54, 1.807) is 34.1 Å². The summed E-state index contributed by atoms with van der Waals surface area (Å²) >= 11 is 6.06. The Bertz CT molecular complexity index is 1180. The van der Waals surface area contributed by atoms with Crippen LogP contribution in [0.15, 0.2) is 66.0 Å². The Hall–Kier alpha value is -3.25. The van der Waals surface area contributed by atoms with Crippen LogP contribution in [0.3, 0.4) is 0 Å². The number of para-hydroxylation sites is 1. The predicted octanol–water partition coefficient (Wildman–Crippen LogP) is 5.53. The van der Waals surface area contributed by atoms with Crippen LogP contribution in [0.2, 0.25) is 5.02 Å². The molecule has 0 amide bonds. The van der Waals surface area contributed by atoms with Crippen molar-refractivity contribution in [2.45, 2.75) is 44.6 Å². The molecule has 2 aromatic carbocycles. The molecule has 0 spiro atoms. The van der Waals surface area contributed by atoms with Crippen molar-refractivity contribution in [1.29, 1.82) is 0 Å². The Labute approximate surface area is 210 Å². The van der Waals surface area contributed by atoms with Crippen LogP contribution in [0, 0.1) is 5.92 Å². The number of rotatable bonds is 6. The molecule has 4 rings (SSSR count). The van der Waals surface area contributed by atoms with Gasteiger partial charge in [-0.2, -0.15) is 0 Å². The molecule has 0 aromatic heterocycles. The molecule has 1 aliphatic carbocycles. The van der Waals surface area contributed by atoms with E-state index in [-0.39, 0.29) is 17.8 Å². The first-order valence-corrected chi connectivity index (χ1v) is 12.0. The largest absolute Gasteiger partial charge is 0.493 e. The van der Waals surface area contributed by atoms with Gasteiger partial charge < -0.3 is 19.5 Å². The summed E-state index contributed by atoms with van der Waals surface area (Å²) in [6.45, 7) is 7.77. The van der Waals surface area contributed by atoms with Crippen molar-refractivity contribution in [1.82, 2.24) is 5.32 Å². The number of halogens is 1. The van der Waals surface area contributed by atoms with Crippen molar-refractivity contribution in [3.63, 3.8) is 0 Å². The van der Waals surface area contributed by atoms with Gasteiger partial charge in [0.25, 0.3) is 0 Å². The van der Waals surface area contributed by atoms with Crippen LogP contribution in [0.25, 0.3) is 0 Å². The minimum atomic E-state index is -0.798. The second kappa shape index (κ2) is 10.2. The molecule has 3 atom stereocenters. The highest BCUT2D eigenvalue weighted by Crippen LogP contribution is 2.50. The average molecular weight is 496 g/mol. The number of allylic oxidation sites excluding steroid dienone is 2.